The fraction of sp³-hybridized carbons (Fsp3) is 0.200. The minimum atomic E-state index is -0.175. The van der Waals surface area contributed by atoms with E-state index in [1.165, 1.54) is 33.6 Å². The average molecular weight is 411 g/mol. The molecule has 0 saturated carbocycles. The molecule has 0 bridgehead atoms. The van der Waals surface area contributed by atoms with Crippen molar-refractivity contribution in [1.29, 1.82) is 0 Å². The van der Waals surface area contributed by atoms with Crippen LogP contribution in [0.25, 0.3) is 21.3 Å². The number of anilines is 1. The Hall–Kier alpha value is -2.84. The van der Waals surface area contributed by atoms with Crippen LogP contribution < -0.4 is 10.9 Å². The molecule has 1 amide bonds. The summed E-state index contributed by atoms with van der Waals surface area (Å²) in [6, 6.07) is 9.85. The number of fused-ring (bicyclic) bond motifs is 1. The Kier molecular flexibility index (Phi) is 5.06. The van der Waals surface area contributed by atoms with Gasteiger partial charge in [0.15, 0.2) is 5.13 Å². The molecule has 0 fully saturated rings. The van der Waals surface area contributed by atoms with Gasteiger partial charge in [-0.3, -0.25) is 14.2 Å². The summed E-state index contributed by atoms with van der Waals surface area (Å²) in [5.41, 5.74) is 2.67. The fourth-order valence-corrected chi connectivity index (χ4v) is 4.77. The zero-order valence-electron chi connectivity index (χ0n) is 15.4. The summed E-state index contributed by atoms with van der Waals surface area (Å²) in [6.07, 6.45) is 1.70. The molecule has 0 atom stereocenters. The summed E-state index contributed by atoms with van der Waals surface area (Å²) in [4.78, 5) is 35.7. The largest absolute Gasteiger partial charge is 0.302 e. The van der Waals surface area contributed by atoms with E-state index < -0.39 is 0 Å². The van der Waals surface area contributed by atoms with Gasteiger partial charge in [0.25, 0.3) is 5.56 Å². The third-order valence-electron chi connectivity index (χ3n) is 4.36. The molecule has 0 spiro atoms. The predicted octanol–water partition coefficient (Wildman–Crippen LogP) is 4.23. The molecule has 6 nitrogen and oxygen atoms in total. The number of thiophene rings is 1. The van der Waals surface area contributed by atoms with Crippen LogP contribution in [-0.4, -0.2) is 20.4 Å². The summed E-state index contributed by atoms with van der Waals surface area (Å²) in [6.45, 7) is 4.14. The van der Waals surface area contributed by atoms with Gasteiger partial charge in [-0.25, -0.2) is 9.97 Å². The molecule has 28 heavy (non-hydrogen) atoms. The summed E-state index contributed by atoms with van der Waals surface area (Å²) >= 11 is 2.90. The van der Waals surface area contributed by atoms with Crippen molar-refractivity contribution in [2.75, 3.05) is 5.32 Å². The molecular weight excluding hydrogens is 392 g/mol. The van der Waals surface area contributed by atoms with E-state index in [2.05, 4.69) is 15.3 Å². The van der Waals surface area contributed by atoms with Gasteiger partial charge in [-0.15, -0.1) is 22.7 Å². The first kappa shape index (κ1) is 18.5. The van der Waals surface area contributed by atoms with Crippen LogP contribution in [0.4, 0.5) is 5.13 Å². The van der Waals surface area contributed by atoms with Crippen molar-refractivity contribution >= 4 is 43.9 Å². The number of amides is 1. The molecule has 142 valence electrons. The fourth-order valence-electron chi connectivity index (χ4n) is 3.06. The number of benzene rings is 1. The Balaban J connectivity index is 1.61. The first-order chi connectivity index (χ1) is 13.5. The first-order valence-corrected chi connectivity index (χ1v) is 10.5. The van der Waals surface area contributed by atoms with E-state index in [0.717, 1.165) is 26.5 Å². The third-order valence-corrected chi connectivity index (χ3v) is 6.25. The second kappa shape index (κ2) is 7.65. The van der Waals surface area contributed by atoms with Gasteiger partial charge in [-0.05, 0) is 19.4 Å². The van der Waals surface area contributed by atoms with Gasteiger partial charge in [-0.2, -0.15) is 0 Å². The lowest BCUT2D eigenvalue weighted by Gasteiger charge is -2.06. The minimum Gasteiger partial charge on any atom is -0.302 e. The summed E-state index contributed by atoms with van der Waals surface area (Å²) in [5.74, 6) is -0.175. The Morgan fingerprint density at radius 2 is 2.00 bits per heavy atom. The molecule has 4 aromatic rings. The van der Waals surface area contributed by atoms with Crippen LogP contribution in [0, 0.1) is 13.8 Å². The molecular formula is C20H18N4O2S2. The number of nitrogens with one attached hydrogen (secondary N) is 1. The molecule has 1 aromatic carbocycles. The second-order valence-corrected chi connectivity index (χ2v) is 8.48. The molecule has 0 aliphatic rings. The van der Waals surface area contributed by atoms with Gasteiger partial charge < -0.3 is 5.32 Å². The molecule has 0 unspecified atom stereocenters. The monoisotopic (exact) mass is 410 g/mol. The number of rotatable bonds is 5. The van der Waals surface area contributed by atoms with E-state index in [1.807, 2.05) is 49.6 Å². The molecule has 1 N–H and O–H groups in total. The Labute approximate surface area is 169 Å². The molecule has 0 aliphatic carbocycles. The van der Waals surface area contributed by atoms with Crippen LogP contribution in [0.3, 0.4) is 0 Å². The van der Waals surface area contributed by atoms with Crippen LogP contribution in [0.1, 0.15) is 17.0 Å². The molecule has 8 heteroatoms. The van der Waals surface area contributed by atoms with E-state index >= 15 is 0 Å². The number of thiazole rings is 1. The van der Waals surface area contributed by atoms with E-state index in [4.69, 9.17) is 0 Å². The highest BCUT2D eigenvalue weighted by Gasteiger charge is 2.17. The summed E-state index contributed by atoms with van der Waals surface area (Å²) in [7, 11) is 0. The number of nitrogens with zero attached hydrogens (tertiary/aromatic N) is 3. The molecule has 4 rings (SSSR count). The van der Waals surface area contributed by atoms with Gasteiger partial charge in [0, 0.05) is 28.8 Å². The maximum Gasteiger partial charge on any atom is 0.262 e. The lowest BCUT2D eigenvalue weighted by Crippen LogP contribution is -2.23. The Bertz CT molecular complexity index is 1210. The van der Waals surface area contributed by atoms with Crippen molar-refractivity contribution in [3.63, 3.8) is 0 Å². The molecule has 0 saturated heterocycles. The molecule has 3 heterocycles. The van der Waals surface area contributed by atoms with Crippen molar-refractivity contribution in [2.45, 2.75) is 26.8 Å². The predicted molar refractivity (Wildman–Crippen MR) is 114 cm³/mol. The van der Waals surface area contributed by atoms with Crippen molar-refractivity contribution < 1.29 is 4.79 Å². The van der Waals surface area contributed by atoms with Gasteiger partial charge in [-0.1, -0.05) is 30.3 Å². The Morgan fingerprint density at radius 3 is 2.71 bits per heavy atom. The number of carbonyl (C=O) groups excluding carboxylic acids is 1. The number of hydrogen-bond acceptors (Lipinski definition) is 6. The molecule has 0 aliphatic heterocycles. The minimum absolute atomic E-state index is 0.119. The highest BCUT2D eigenvalue weighted by molar-refractivity contribution is 7.19. The third kappa shape index (κ3) is 3.61. The van der Waals surface area contributed by atoms with Crippen LogP contribution in [0.5, 0.6) is 0 Å². The standard InChI is InChI=1S/C20H18N4O2S2/c1-12-10-27-20(22-12)23-15(25)8-9-24-11-21-18-17(19(24)26)16(13(2)28-18)14-6-4-3-5-7-14/h3-7,10-11H,8-9H2,1-2H3,(H,22,23,25). The van der Waals surface area contributed by atoms with E-state index in [-0.39, 0.29) is 24.4 Å². The van der Waals surface area contributed by atoms with Gasteiger partial charge in [0.1, 0.15) is 4.83 Å². The van der Waals surface area contributed by atoms with Crippen LogP contribution in [-0.2, 0) is 11.3 Å². The van der Waals surface area contributed by atoms with E-state index in [1.54, 1.807) is 0 Å². The van der Waals surface area contributed by atoms with Crippen molar-refractivity contribution in [3.05, 3.63) is 63.0 Å². The maximum absolute atomic E-state index is 13.1. The zero-order valence-corrected chi connectivity index (χ0v) is 17.1. The zero-order chi connectivity index (χ0) is 19.7. The number of aryl methyl sites for hydroxylation is 3. The highest BCUT2D eigenvalue weighted by Crippen LogP contribution is 2.35. The van der Waals surface area contributed by atoms with E-state index in [0.29, 0.717) is 10.5 Å². The van der Waals surface area contributed by atoms with Crippen LogP contribution in [0.2, 0.25) is 0 Å². The van der Waals surface area contributed by atoms with Gasteiger partial charge in [0.2, 0.25) is 5.91 Å². The topological polar surface area (TPSA) is 76.9 Å². The lowest BCUT2D eigenvalue weighted by atomic mass is 10.0. The van der Waals surface area contributed by atoms with Crippen molar-refractivity contribution in [1.82, 2.24) is 14.5 Å². The molecule has 0 radical (unpaired) electrons. The second-order valence-electron chi connectivity index (χ2n) is 6.41. The first-order valence-electron chi connectivity index (χ1n) is 8.79. The summed E-state index contributed by atoms with van der Waals surface area (Å²) in [5, 5.41) is 5.83. The normalized spacial score (nSPS) is 11.1. The van der Waals surface area contributed by atoms with Crippen LogP contribution >= 0.6 is 22.7 Å². The Morgan fingerprint density at radius 1 is 1.21 bits per heavy atom. The smallest absolute Gasteiger partial charge is 0.262 e. The number of carbonyl (C=O) groups is 1. The number of hydrogen-bond donors (Lipinski definition) is 1. The van der Waals surface area contributed by atoms with Crippen molar-refractivity contribution in [2.24, 2.45) is 0 Å². The SMILES string of the molecule is Cc1csc(NC(=O)CCn2cnc3sc(C)c(-c4ccccc4)c3c2=O)n1. The molecule has 3 aromatic heterocycles. The van der Waals surface area contributed by atoms with Crippen LogP contribution in [0.15, 0.2) is 46.8 Å². The van der Waals surface area contributed by atoms with Gasteiger partial charge in [0.05, 0.1) is 17.4 Å². The quantitative estimate of drug-likeness (QED) is 0.534. The maximum atomic E-state index is 13.1. The highest BCUT2D eigenvalue weighted by atomic mass is 32.1. The number of aromatic nitrogens is 3. The van der Waals surface area contributed by atoms with E-state index in [9.17, 15) is 9.59 Å². The van der Waals surface area contributed by atoms with Gasteiger partial charge >= 0.3 is 0 Å². The van der Waals surface area contributed by atoms with Crippen molar-refractivity contribution in [3.8, 4) is 11.1 Å². The lowest BCUT2D eigenvalue weighted by molar-refractivity contribution is -0.116. The summed E-state index contributed by atoms with van der Waals surface area (Å²) < 4.78 is 1.51. The average Bonchev–Trinajstić information content (AvgIpc) is 3.24.